The van der Waals surface area contributed by atoms with Crippen LogP contribution in [0.15, 0.2) is 35.9 Å². The number of anilines is 1. The fourth-order valence-corrected chi connectivity index (χ4v) is 2.27. The first-order valence-electron chi connectivity index (χ1n) is 8.04. The van der Waals surface area contributed by atoms with Crippen LogP contribution in [0.3, 0.4) is 0 Å². The first-order valence-corrected chi connectivity index (χ1v) is 8.04. The second kappa shape index (κ2) is 6.91. The van der Waals surface area contributed by atoms with Crippen molar-refractivity contribution in [2.24, 2.45) is 0 Å². The molecule has 0 fully saturated rings. The van der Waals surface area contributed by atoms with E-state index in [0.29, 0.717) is 18.0 Å². The minimum absolute atomic E-state index is 0.0720. The molecule has 0 radical (unpaired) electrons. The van der Waals surface area contributed by atoms with Gasteiger partial charge in [0.05, 0.1) is 18.0 Å². The van der Waals surface area contributed by atoms with Gasteiger partial charge in [-0.3, -0.25) is 0 Å². The lowest BCUT2D eigenvalue weighted by Crippen LogP contribution is -2.12. The van der Waals surface area contributed by atoms with Crippen molar-refractivity contribution in [1.82, 2.24) is 9.78 Å². The molecule has 0 bridgehead atoms. The molecule has 1 aromatic carbocycles. The monoisotopic (exact) mass is 327 g/mol. The predicted octanol–water partition coefficient (Wildman–Crippen LogP) is 3.72. The summed E-state index contributed by atoms with van der Waals surface area (Å²) in [5, 5.41) is 4.62. The summed E-state index contributed by atoms with van der Waals surface area (Å²) in [7, 11) is 0. The van der Waals surface area contributed by atoms with Gasteiger partial charge in [-0.25, -0.2) is 9.48 Å². The molecule has 0 aliphatic rings. The Labute approximate surface area is 143 Å². The van der Waals surface area contributed by atoms with Gasteiger partial charge < -0.3 is 10.5 Å². The summed E-state index contributed by atoms with van der Waals surface area (Å²) in [5.74, 6) is 0.277. The van der Waals surface area contributed by atoms with E-state index in [0.717, 1.165) is 16.9 Å². The second-order valence-electron chi connectivity index (χ2n) is 6.76. The van der Waals surface area contributed by atoms with Crippen LogP contribution in [0.4, 0.5) is 5.82 Å². The lowest BCUT2D eigenvalue weighted by atomic mass is 9.92. The van der Waals surface area contributed by atoms with Gasteiger partial charge >= 0.3 is 5.97 Å². The zero-order chi connectivity index (χ0) is 17.9. The van der Waals surface area contributed by atoms with Crippen LogP contribution in [0, 0.1) is 0 Å². The minimum atomic E-state index is -0.309. The van der Waals surface area contributed by atoms with E-state index < -0.39 is 0 Å². The second-order valence-corrected chi connectivity index (χ2v) is 6.76. The molecular formula is C19H25N3O2. The van der Waals surface area contributed by atoms with Gasteiger partial charge in [0.15, 0.2) is 0 Å². The Balaban J connectivity index is 2.36. The summed E-state index contributed by atoms with van der Waals surface area (Å²) in [5.41, 5.74) is 9.28. The van der Waals surface area contributed by atoms with Crippen LogP contribution in [0.5, 0.6) is 0 Å². The number of aromatic nitrogens is 2. The molecular weight excluding hydrogens is 302 g/mol. The highest BCUT2D eigenvalue weighted by atomic mass is 16.5. The van der Waals surface area contributed by atoms with Crippen LogP contribution in [0.2, 0.25) is 0 Å². The van der Waals surface area contributed by atoms with Crippen molar-refractivity contribution in [3.63, 3.8) is 0 Å². The van der Waals surface area contributed by atoms with E-state index in [1.165, 1.54) is 0 Å². The van der Waals surface area contributed by atoms with Gasteiger partial charge in [0.1, 0.15) is 5.82 Å². The van der Waals surface area contributed by atoms with E-state index in [-0.39, 0.29) is 11.4 Å². The normalized spacial score (nSPS) is 12.3. The summed E-state index contributed by atoms with van der Waals surface area (Å²) < 4.78 is 6.73. The number of carbonyl (C=O) groups is 1. The number of hydrogen-bond donors (Lipinski definition) is 1. The Morgan fingerprint density at radius 2 is 2.04 bits per heavy atom. The van der Waals surface area contributed by atoms with Gasteiger partial charge in [0.2, 0.25) is 0 Å². The minimum Gasteiger partial charge on any atom is -0.463 e. The first-order chi connectivity index (χ1) is 11.2. The zero-order valence-electron chi connectivity index (χ0n) is 15.0. The topological polar surface area (TPSA) is 70.1 Å². The molecule has 2 rings (SSSR count). The van der Waals surface area contributed by atoms with Crippen LogP contribution >= 0.6 is 0 Å². The molecule has 0 saturated heterocycles. The maximum atomic E-state index is 11.7. The molecule has 2 N–H and O–H groups in total. The van der Waals surface area contributed by atoms with Crippen LogP contribution in [0.1, 0.15) is 45.9 Å². The van der Waals surface area contributed by atoms with Crippen molar-refractivity contribution >= 4 is 17.9 Å². The SMILES string of the molecule is CCOC(=O)C(C)=Cc1cccc(-n2nc(C(C)(C)C)cc2N)c1. The van der Waals surface area contributed by atoms with E-state index in [2.05, 4.69) is 25.9 Å². The Morgan fingerprint density at radius 1 is 1.33 bits per heavy atom. The number of nitrogen functional groups attached to an aromatic ring is 1. The largest absolute Gasteiger partial charge is 0.463 e. The first kappa shape index (κ1) is 17.8. The standard InChI is InChI=1S/C19H25N3O2/c1-6-24-18(23)13(2)10-14-8-7-9-15(11-14)22-17(20)12-16(21-22)19(3,4)5/h7-12H,6,20H2,1-5H3. The smallest absolute Gasteiger partial charge is 0.333 e. The zero-order valence-corrected chi connectivity index (χ0v) is 15.0. The number of nitrogens with two attached hydrogens (primary N) is 1. The number of esters is 1. The highest BCUT2D eigenvalue weighted by Crippen LogP contribution is 2.25. The van der Waals surface area contributed by atoms with E-state index in [4.69, 9.17) is 10.5 Å². The third-order valence-electron chi connectivity index (χ3n) is 3.60. The van der Waals surface area contributed by atoms with Crippen molar-refractivity contribution < 1.29 is 9.53 Å². The Morgan fingerprint density at radius 3 is 2.62 bits per heavy atom. The molecule has 0 spiro atoms. The average molecular weight is 327 g/mol. The lowest BCUT2D eigenvalue weighted by molar-refractivity contribution is -0.138. The van der Waals surface area contributed by atoms with Gasteiger partial charge in [-0.05, 0) is 37.6 Å². The molecule has 24 heavy (non-hydrogen) atoms. The van der Waals surface area contributed by atoms with Gasteiger partial charge in [-0.1, -0.05) is 32.9 Å². The van der Waals surface area contributed by atoms with Gasteiger partial charge in [0, 0.05) is 17.1 Å². The van der Waals surface area contributed by atoms with Crippen molar-refractivity contribution in [3.8, 4) is 5.69 Å². The van der Waals surface area contributed by atoms with Gasteiger partial charge in [-0.15, -0.1) is 0 Å². The number of ether oxygens (including phenoxy) is 1. The van der Waals surface area contributed by atoms with Crippen LogP contribution in [-0.4, -0.2) is 22.4 Å². The van der Waals surface area contributed by atoms with E-state index in [9.17, 15) is 4.79 Å². The molecule has 0 aliphatic heterocycles. The Kier molecular flexibility index (Phi) is 5.12. The third-order valence-corrected chi connectivity index (χ3v) is 3.60. The molecule has 0 atom stereocenters. The number of nitrogens with zero attached hydrogens (tertiary/aromatic N) is 2. The van der Waals surface area contributed by atoms with E-state index in [1.54, 1.807) is 24.6 Å². The molecule has 5 nitrogen and oxygen atoms in total. The molecule has 5 heteroatoms. The van der Waals surface area contributed by atoms with Gasteiger partial charge in [0.25, 0.3) is 0 Å². The van der Waals surface area contributed by atoms with Crippen LogP contribution < -0.4 is 5.73 Å². The molecule has 0 aliphatic carbocycles. The summed E-state index contributed by atoms with van der Waals surface area (Å²) in [6.45, 7) is 10.2. The number of carbonyl (C=O) groups excluding carboxylic acids is 1. The number of benzene rings is 1. The van der Waals surface area contributed by atoms with E-state index >= 15 is 0 Å². The average Bonchev–Trinajstić information content (AvgIpc) is 2.90. The van der Waals surface area contributed by atoms with Crippen molar-refractivity contribution in [3.05, 3.63) is 47.2 Å². The maximum absolute atomic E-state index is 11.7. The summed E-state index contributed by atoms with van der Waals surface area (Å²) in [6.07, 6.45) is 1.80. The van der Waals surface area contributed by atoms with Crippen molar-refractivity contribution in [2.75, 3.05) is 12.3 Å². The third kappa shape index (κ3) is 4.04. The molecule has 0 unspecified atom stereocenters. The molecule has 1 heterocycles. The highest BCUT2D eigenvalue weighted by Gasteiger charge is 2.19. The number of hydrogen-bond acceptors (Lipinski definition) is 4. The highest BCUT2D eigenvalue weighted by molar-refractivity contribution is 5.93. The Hall–Kier alpha value is -2.56. The maximum Gasteiger partial charge on any atom is 0.333 e. The molecule has 0 saturated carbocycles. The van der Waals surface area contributed by atoms with Crippen molar-refractivity contribution in [1.29, 1.82) is 0 Å². The Bertz CT molecular complexity index is 767. The predicted molar refractivity (Wildman–Crippen MR) is 97.0 cm³/mol. The molecule has 2 aromatic rings. The molecule has 1 aromatic heterocycles. The van der Waals surface area contributed by atoms with E-state index in [1.807, 2.05) is 30.3 Å². The summed E-state index contributed by atoms with van der Waals surface area (Å²) in [4.78, 5) is 11.7. The van der Waals surface area contributed by atoms with Crippen LogP contribution in [0.25, 0.3) is 11.8 Å². The summed E-state index contributed by atoms with van der Waals surface area (Å²) in [6, 6.07) is 9.62. The fourth-order valence-electron chi connectivity index (χ4n) is 2.27. The summed E-state index contributed by atoms with van der Waals surface area (Å²) >= 11 is 0. The number of rotatable bonds is 4. The molecule has 0 amide bonds. The lowest BCUT2D eigenvalue weighted by Gasteiger charge is -2.14. The van der Waals surface area contributed by atoms with Gasteiger partial charge in [-0.2, -0.15) is 5.10 Å². The quantitative estimate of drug-likeness (QED) is 0.686. The van der Waals surface area contributed by atoms with Crippen molar-refractivity contribution in [2.45, 2.75) is 40.0 Å². The fraction of sp³-hybridized carbons (Fsp3) is 0.368. The van der Waals surface area contributed by atoms with Crippen LogP contribution in [-0.2, 0) is 14.9 Å². The molecule has 128 valence electrons.